The first-order chi connectivity index (χ1) is 7.81. The van der Waals surface area contributed by atoms with Gasteiger partial charge in [-0.05, 0) is 25.6 Å². The normalized spacial score (nSPS) is 16.2. The van der Waals surface area contributed by atoms with Gasteiger partial charge in [0.2, 0.25) is 0 Å². The minimum Gasteiger partial charge on any atom is -0.359 e. The molecule has 2 aromatic heterocycles. The van der Waals surface area contributed by atoms with Gasteiger partial charge in [0, 0.05) is 28.5 Å². The number of rotatable bonds is 1. The van der Waals surface area contributed by atoms with Crippen molar-refractivity contribution in [3.63, 3.8) is 0 Å². The van der Waals surface area contributed by atoms with Crippen LogP contribution in [0.4, 0.5) is 5.82 Å². The zero-order valence-corrected chi connectivity index (χ0v) is 10.6. The second-order valence-corrected chi connectivity index (χ2v) is 5.01. The number of aryl methyl sites for hydroxylation is 1. The van der Waals surface area contributed by atoms with E-state index in [0.29, 0.717) is 8.73 Å². The Bertz CT molecular complexity index is 534. The van der Waals surface area contributed by atoms with Crippen LogP contribution in [0.25, 0.3) is 10.9 Å². The van der Waals surface area contributed by atoms with Crippen LogP contribution in [0.1, 0.15) is 12.1 Å². The van der Waals surface area contributed by atoms with Crippen LogP contribution < -0.4 is 4.90 Å². The van der Waals surface area contributed by atoms with Crippen molar-refractivity contribution >= 4 is 25.5 Å². The van der Waals surface area contributed by atoms with Crippen LogP contribution in [-0.2, 0) is 6.42 Å². The van der Waals surface area contributed by atoms with Gasteiger partial charge in [0.1, 0.15) is 5.82 Å². The highest BCUT2D eigenvalue weighted by Gasteiger charge is 2.19. The Balaban J connectivity index is 2.36. The molecule has 0 saturated carbocycles. The van der Waals surface area contributed by atoms with Crippen LogP contribution in [0.5, 0.6) is 0 Å². The molecule has 2 aromatic rings. The SMILES string of the molecule is CPn1nc2c3c(nccc31)N(C)CCC2. The van der Waals surface area contributed by atoms with Gasteiger partial charge in [0.25, 0.3) is 0 Å². The van der Waals surface area contributed by atoms with Crippen LogP contribution in [0.15, 0.2) is 12.3 Å². The van der Waals surface area contributed by atoms with Crippen LogP contribution in [0.2, 0.25) is 0 Å². The van der Waals surface area contributed by atoms with E-state index >= 15 is 0 Å². The van der Waals surface area contributed by atoms with Crippen molar-refractivity contribution < 1.29 is 0 Å². The molecule has 0 N–H and O–H groups in total. The third kappa shape index (κ3) is 1.33. The van der Waals surface area contributed by atoms with Gasteiger partial charge < -0.3 is 4.90 Å². The molecule has 1 aliphatic heterocycles. The summed E-state index contributed by atoms with van der Waals surface area (Å²) in [6.45, 7) is 3.22. The number of hydrogen-bond donors (Lipinski definition) is 0. The summed E-state index contributed by atoms with van der Waals surface area (Å²) in [5, 5.41) is 5.96. The molecule has 0 aromatic carbocycles. The molecule has 0 fully saturated rings. The van der Waals surface area contributed by atoms with E-state index in [1.807, 2.05) is 6.20 Å². The molecule has 1 atom stereocenters. The van der Waals surface area contributed by atoms with Gasteiger partial charge in [-0.2, -0.15) is 5.10 Å². The standard InChI is InChI=1S/C11H15N4P/c1-14-7-3-4-8-10-9(15(13-8)16-2)5-6-12-11(10)14/h5-6,16H,3-4,7H2,1-2H3. The number of hydrogen-bond acceptors (Lipinski definition) is 3. The highest BCUT2D eigenvalue weighted by Crippen LogP contribution is 2.32. The van der Waals surface area contributed by atoms with E-state index in [4.69, 9.17) is 5.10 Å². The average molecular weight is 234 g/mol. The minimum absolute atomic E-state index is 0.681. The maximum absolute atomic E-state index is 4.70. The van der Waals surface area contributed by atoms with Crippen molar-refractivity contribution in [3.05, 3.63) is 18.0 Å². The quantitative estimate of drug-likeness (QED) is 0.706. The van der Waals surface area contributed by atoms with Gasteiger partial charge in [0.15, 0.2) is 0 Å². The molecule has 0 aliphatic carbocycles. The van der Waals surface area contributed by atoms with E-state index in [1.165, 1.54) is 16.6 Å². The first kappa shape index (κ1) is 10.0. The summed E-state index contributed by atoms with van der Waals surface area (Å²) < 4.78 is 2.11. The first-order valence-corrected chi connectivity index (χ1v) is 7.01. The van der Waals surface area contributed by atoms with Crippen molar-refractivity contribution in [2.75, 3.05) is 25.2 Å². The van der Waals surface area contributed by atoms with E-state index in [1.54, 1.807) is 0 Å². The van der Waals surface area contributed by atoms with Crippen LogP contribution in [0.3, 0.4) is 0 Å². The third-order valence-electron chi connectivity index (χ3n) is 3.13. The number of anilines is 1. The molecule has 5 heteroatoms. The Morgan fingerprint density at radius 3 is 3.12 bits per heavy atom. The Kier molecular flexibility index (Phi) is 2.32. The predicted octanol–water partition coefficient (Wildman–Crippen LogP) is 1.89. The molecular weight excluding hydrogens is 219 g/mol. The fraction of sp³-hybridized carbons (Fsp3) is 0.455. The molecule has 0 spiro atoms. The summed E-state index contributed by atoms with van der Waals surface area (Å²) >= 11 is 0. The van der Waals surface area contributed by atoms with E-state index in [9.17, 15) is 0 Å². The maximum Gasteiger partial charge on any atom is 0.139 e. The predicted molar refractivity (Wildman–Crippen MR) is 68.8 cm³/mol. The minimum atomic E-state index is 0.681. The second-order valence-electron chi connectivity index (χ2n) is 4.14. The van der Waals surface area contributed by atoms with E-state index in [-0.39, 0.29) is 0 Å². The molecular formula is C11H15N4P. The fourth-order valence-corrected chi connectivity index (χ4v) is 2.99. The zero-order valence-electron chi connectivity index (χ0n) is 9.56. The van der Waals surface area contributed by atoms with Crippen LogP contribution in [-0.4, -0.2) is 34.8 Å². The summed E-state index contributed by atoms with van der Waals surface area (Å²) in [7, 11) is 2.79. The molecule has 16 heavy (non-hydrogen) atoms. The first-order valence-electron chi connectivity index (χ1n) is 5.57. The molecule has 1 unspecified atom stereocenters. The molecule has 4 nitrogen and oxygen atoms in total. The highest BCUT2D eigenvalue weighted by molar-refractivity contribution is 7.35. The Morgan fingerprint density at radius 1 is 1.44 bits per heavy atom. The molecule has 0 amide bonds. The summed E-state index contributed by atoms with van der Waals surface area (Å²) in [4.78, 5) is 6.74. The lowest BCUT2D eigenvalue weighted by Gasteiger charge is -2.16. The number of nitrogens with zero attached hydrogens (tertiary/aromatic N) is 4. The zero-order chi connectivity index (χ0) is 11.1. The molecule has 1 aliphatic rings. The van der Waals surface area contributed by atoms with Crippen molar-refractivity contribution in [3.8, 4) is 0 Å². The van der Waals surface area contributed by atoms with E-state index in [0.717, 1.165) is 25.2 Å². The Hall–Kier alpha value is -1.15. The summed E-state index contributed by atoms with van der Waals surface area (Å²) in [6, 6.07) is 2.07. The molecule has 0 bridgehead atoms. The van der Waals surface area contributed by atoms with Crippen molar-refractivity contribution in [1.29, 1.82) is 0 Å². The average Bonchev–Trinajstić information content (AvgIpc) is 2.58. The topological polar surface area (TPSA) is 34.0 Å². The maximum atomic E-state index is 4.70. The highest BCUT2D eigenvalue weighted by atomic mass is 31.1. The lowest BCUT2D eigenvalue weighted by Crippen LogP contribution is -2.18. The third-order valence-corrected chi connectivity index (χ3v) is 3.89. The van der Waals surface area contributed by atoms with Gasteiger partial charge in [-0.15, -0.1) is 0 Å². The molecule has 0 saturated heterocycles. The van der Waals surface area contributed by atoms with E-state index in [2.05, 4.69) is 34.1 Å². The smallest absolute Gasteiger partial charge is 0.139 e. The largest absolute Gasteiger partial charge is 0.359 e. The molecule has 84 valence electrons. The Morgan fingerprint density at radius 2 is 2.31 bits per heavy atom. The molecule has 3 heterocycles. The lowest BCUT2D eigenvalue weighted by atomic mass is 10.2. The summed E-state index contributed by atoms with van der Waals surface area (Å²) in [5.41, 5.74) is 2.45. The summed E-state index contributed by atoms with van der Waals surface area (Å²) in [5.74, 6) is 1.09. The fourth-order valence-electron chi connectivity index (χ4n) is 2.34. The molecule has 0 radical (unpaired) electrons. The number of pyridine rings is 1. The van der Waals surface area contributed by atoms with E-state index < -0.39 is 0 Å². The summed E-state index contributed by atoms with van der Waals surface area (Å²) in [6.07, 6.45) is 4.12. The monoisotopic (exact) mass is 234 g/mol. The second kappa shape index (κ2) is 3.70. The van der Waals surface area contributed by atoms with Crippen LogP contribution in [0, 0.1) is 0 Å². The van der Waals surface area contributed by atoms with Crippen molar-refractivity contribution in [1.82, 2.24) is 14.5 Å². The molecule has 3 rings (SSSR count). The van der Waals surface area contributed by atoms with Crippen molar-refractivity contribution in [2.45, 2.75) is 12.8 Å². The lowest BCUT2D eigenvalue weighted by molar-refractivity contribution is 0.773. The van der Waals surface area contributed by atoms with Gasteiger partial charge in [-0.25, -0.2) is 9.44 Å². The number of aromatic nitrogens is 3. The van der Waals surface area contributed by atoms with Gasteiger partial charge >= 0.3 is 0 Å². The van der Waals surface area contributed by atoms with Crippen molar-refractivity contribution in [2.24, 2.45) is 0 Å². The van der Waals surface area contributed by atoms with Gasteiger partial charge in [0.05, 0.1) is 16.6 Å². The van der Waals surface area contributed by atoms with Gasteiger partial charge in [-0.1, -0.05) is 0 Å². The Labute approximate surface area is 96.5 Å². The van der Waals surface area contributed by atoms with Gasteiger partial charge in [-0.3, -0.25) is 0 Å². The van der Waals surface area contributed by atoms with Crippen LogP contribution >= 0.6 is 8.73 Å².